The lowest BCUT2D eigenvalue weighted by Crippen LogP contribution is -2.35. The van der Waals surface area contributed by atoms with E-state index in [0.717, 1.165) is 37.7 Å². The summed E-state index contributed by atoms with van der Waals surface area (Å²) in [6, 6.07) is 0. The zero-order valence-corrected chi connectivity index (χ0v) is 14.1. The van der Waals surface area contributed by atoms with Gasteiger partial charge < -0.3 is 9.47 Å². The van der Waals surface area contributed by atoms with E-state index < -0.39 is 0 Å². The lowest BCUT2D eigenvalue weighted by molar-refractivity contribution is -0.133. The van der Waals surface area contributed by atoms with Gasteiger partial charge in [0.2, 0.25) is 0 Å². The van der Waals surface area contributed by atoms with Crippen LogP contribution in [0.2, 0.25) is 0 Å². The predicted molar refractivity (Wildman–Crippen MR) is 86.1 cm³/mol. The van der Waals surface area contributed by atoms with E-state index in [1.54, 1.807) is 6.26 Å². The molecule has 3 heteroatoms. The van der Waals surface area contributed by atoms with E-state index in [2.05, 4.69) is 19.9 Å². The number of carbonyl (C=O) groups excluding carboxylic acids is 1. The Morgan fingerprint density at radius 1 is 1.36 bits per heavy atom. The predicted octanol–water partition coefficient (Wildman–Crippen LogP) is 4.39. The van der Waals surface area contributed by atoms with Gasteiger partial charge in [0.15, 0.2) is 12.1 Å². The van der Waals surface area contributed by atoms with Crippen LogP contribution < -0.4 is 0 Å². The van der Waals surface area contributed by atoms with Gasteiger partial charge in [-0.05, 0) is 50.4 Å². The molecule has 0 unspecified atom stereocenters. The number of fused-ring (bicyclic) bond motifs is 1. The minimum absolute atomic E-state index is 0.103. The molecule has 0 saturated heterocycles. The number of hydrogen-bond acceptors (Lipinski definition) is 3. The number of rotatable bonds is 3. The number of ketones is 1. The van der Waals surface area contributed by atoms with Crippen LogP contribution in [0.5, 0.6) is 0 Å². The second-order valence-corrected chi connectivity index (χ2v) is 7.67. The van der Waals surface area contributed by atoms with Gasteiger partial charge in [0.25, 0.3) is 0 Å². The molecule has 0 N–H and O–H groups in total. The van der Waals surface area contributed by atoms with Crippen molar-refractivity contribution in [3.05, 3.63) is 23.5 Å². The van der Waals surface area contributed by atoms with Crippen molar-refractivity contribution in [2.75, 3.05) is 6.61 Å². The van der Waals surface area contributed by atoms with Crippen molar-refractivity contribution < 1.29 is 14.3 Å². The van der Waals surface area contributed by atoms with Crippen molar-refractivity contribution in [1.29, 1.82) is 0 Å². The zero-order valence-electron chi connectivity index (χ0n) is 14.1. The van der Waals surface area contributed by atoms with Crippen molar-refractivity contribution in [1.82, 2.24) is 0 Å². The number of carbonyl (C=O) groups is 1. The number of hydrogen-bond donors (Lipinski definition) is 0. The highest BCUT2D eigenvalue weighted by atomic mass is 16.7. The fourth-order valence-corrected chi connectivity index (χ4v) is 3.95. The highest BCUT2D eigenvalue weighted by molar-refractivity contribution is 6.00. The Morgan fingerprint density at radius 2 is 2.18 bits per heavy atom. The third-order valence-corrected chi connectivity index (χ3v) is 5.48. The molecule has 122 valence electrons. The van der Waals surface area contributed by atoms with Crippen molar-refractivity contribution in [2.45, 2.75) is 65.6 Å². The molecule has 0 spiro atoms. The monoisotopic (exact) mass is 304 g/mol. The van der Waals surface area contributed by atoms with Crippen LogP contribution in [0, 0.1) is 17.3 Å². The third-order valence-electron chi connectivity index (χ3n) is 5.48. The van der Waals surface area contributed by atoms with E-state index >= 15 is 0 Å². The molecule has 0 amide bonds. The van der Waals surface area contributed by atoms with Crippen LogP contribution >= 0.6 is 0 Å². The number of Topliss-reactive ketones (excluding diaryl/α,β-unsaturated/α-hetero) is 1. The Kier molecular flexibility index (Phi) is 4.44. The SMILES string of the molecule is CCO[C@H]1C[C@H]2CC[C@H](C3=CCC(C)(C)CC3)C(=O)C2=CO1. The molecule has 1 heterocycles. The van der Waals surface area contributed by atoms with Crippen LogP contribution in [0.4, 0.5) is 0 Å². The Hall–Kier alpha value is -1.09. The maximum Gasteiger partial charge on any atom is 0.199 e. The second kappa shape index (κ2) is 6.19. The standard InChI is InChI=1S/C19H28O3/c1-4-21-17-11-14-5-6-15(18(20)16(14)12-22-17)13-7-9-19(2,3)10-8-13/h7,12,14-15,17H,4-6,8-11H2,1-3H3/t14-,15-,17-/m1/s1. The van der Waals surface area contributed by atoms with Gasteiger partial charge in [-0.25, -0.2) is 0 Å². The van der Waals surface area contributed by atoms with Gasteiger partial charge in [0.1, 0.15) is 0 Å². The Bertz CT molecular complexity index is 501. The minimum Gasteiger partial charge on any atom is -0.472 e. The molecule has 0 radical (unpaired) electrons. The lowest BCUT2D eigenvalue weighted by atomic mass is 9.68. The first-order valence-corrected chi connectivity index (χ1v) is 8.70. The summed E-state index contributed by atoms with van der Waals surface area (Å²) >= 11 is 0. The quantitative estimate of drug-likeness (QED) is 0.726. The summed E-state index contributed by atoms with van der Waals surface area (Å²) in [5, 5.41) is 0. The largest absolute Gasteiger partial charge is 0.472 e. The summed E-state index contributed by atoms with van der Waals surface area (Å²) in [5.74, 6) is 0.734. The third kappa shape index (κ3) is 3.15. The Labute approximate surface area is 133 Å². The summed E-state index contributed by atoms with van der Waals surface area (Å²) in [4.78, 5) is 12.9. The fraction of sp³-hybridized carbons (Fsp3) is 0.737. The normalized spacial score (nSPS) is 34.3. The van der Waals surface area contributed by atoms with Gasteiger partial charge >= 0.3 is 0 Å². The molecule has 3 atom stereocenters. The van der Waals surface area contributed by atoms with Crippen molar-refractivity contribution in [3.8, 4) is 0 Å². The fourth-order valence-electron chi connectivity index (χ4n) is 3.95. The van der Waals surface area contributed by atoms with Crippen LogP contribution in [0.1, 0.15) is 59.3 Å². The summed E-state index contributed by atoms with van der Waals surface area (Å²) in [5.41, 5.74) is 2.66. The molecule has 0 aromatic heterocycles. The van der Waals surface area contributed by atoms with Crippen molar-refractivity contribution in [2.24, 2.45) is 17.3 Å². The highest BCUT2D eigenvalue weighted by Crippen LogP contribution is 2.44. The molecular formula is C19H28O3. The molecule has 3 rings (SSSR count). The Morgan fingerprint density at radius 3 is 2.86 bits per heavy atom. The van der Waals surface area contributed by atoms with Crippen molar-refractivity contribution in [3.63, 3.8) is 0 Å². The van der Waals surface area contributed by atoms with Gasteiger partial charge in [-0.1, -0.05) is 25.5 Å². The zero-order chi connectivity index (χ0) is 15.7. The van der Waals surface area contributed by atoms with Gasteiger partial charge in [-0.15, -0.1) is 0 Å². The molecule has 1 fully saturated rings. The summed E-state index contributed by atoms with van der Waals surface area (Å²) < 4.78 is 11.1. The molecule has 1 aliphatic heterocycles. The molecule has 0 aromatic rings. The summed E-state index contributed by atoms with van der Waals surface area (Å²) in [7, 11) is 0. The van der Waals surface area contributed by atoms with Crippen LogP contribution in [0.3, 0.4) is 0 Å². The number of allylic oxidation sites excluding steroid dienone is 3. The van der Waals surface area contributed by atoms with Gasteiger partial charge in [0.05, 0.1) is 6.26 Å². The molecule has 0 bridgehead atoms. The first-order valence-electron chi connectivity index (χ1n) is 8.70. The van der Waals surface area contributed by atoms with E-state index in [9.17, 15) is 4.79 Å². The summed E-state index contributed by atoms with van der Waals surface area (Å²) in [6.07, 6.45) is 10.1. The van der Waals surface area contributed by atoms with Crippen LogP contribution in [0.25, 0.3) is 0 Å². The second-order valence-electron chi connectivity index (χ2n) is 7.67. The first-order chi connectivity index (χ1) is 10.5. The van der Waals surface area contributed by atoms with E-state index in [4.69, 9.17) is 9.47 Å². The smallest absolute Gasteiger partial charge is 0.199 e. The molecule has 2 aliphatic carbocycles. The minimum atomic E-state index is -0.169. The van der Waals surface area contributed by atoms with Crippen molar-refractivity contribution >= 4 is 5.78 Å². The maximum atomic E-state index is 12.9. The highest BCUT2D eigenvalue weighted by Gasteiger charge is 2.39. The Balaban J connectivity index is 1.71. The lowest BCUT2D eigenvalue weighted by Gasteiger charge is -2.38. The average molecular weight is 304 g/mol. The molecular weight excluding hydrogens is 276 g/mol. The molecule has 3 aliphatic rings. The average Bonchev–Trinajstić information content (AvgIpc) is 2.49. The van der Waals surface area contributed by atoms with Gasteiger partial charge in [-0.2, -0.15) is 0 Å². The van der Waals surface area contributed by atoms with E-state index in [1.807, 2.05) is 6.92 Å². The van der Waals surface area contributed by atoms with Gasteiger partial charge in [-0.3, -0.25) is 4.79 Å². The molecule has 1 saturated carbocycles. The maximum absolute atomic E-state index is 12.9. The van der Waals surface area contributed by atoms with E-state index in [1.165, 1.54) is 12.0 Å². The molecule has 22 heavy (non-hydrogen) atoms. The van der Waals surface area contributed by atoms with Gasteiger partial charge in [0, 0.05) is 24.5 Å². The van der Waals surface area contributed by atoms with Crippen LogP contribution in [-0.4, -0.2) is 18.7 Å². The topological polar surface area (TPSA) is 35.5 Å². The van der Waals surface area contributed by atoms with Crippen LogP contribution in [0.15, 0.2) is 23.5 Å². The van der Waals surface area contributed by atoms with E-state index in [-0.39, 0.29) is 12.2 Å². The number of ether oxygens (including phenoxy) is 2. The summed E-state index contributed by atoms with van der Waals surface area (Å²) in [6.45, 7) is 7.25. The first kappa shape index (κ1) is 15.8. The van der Waals surface area contributed by atoms with E-state index in [0.29, 0.717) is 23.7 Å². The molecule has 3 nitrogen and oxygen atoms in total. The van der Waals surface area contributed by atoms with Crippen LogP contribution in [-0.2, 0) is 14.3 Å². The molecule has 0 aromatic carbocycles.